The van der Waals surface area contributed by atoms with Gasteiger partial charge in [0.2, 0.25) is 15.9 Å². The van der Waals surface area contributed by atoms with E-state index in [0.717, 1.165) is 12.8 Å². The van der Waals surface area contributed by atoms with Gasteiger partial charge in [-0.1, -0.05) is 6.92 Å². The molecule has 1 atom stereocenters. The van der Waals surface area contributed by atoms with Gasteiger partial charge in [0.25, 0.3) is 0 Å². The van der Waals surface area contributed by atoms with Crippen LogP contribution in [0.5, 0.6) is 0 Å². The summed E-state index contributed by atoms with van der Waals surface area (Å²) in [5.41, 5.74) is 0.600. The van der Waals surface area contributed by atoms with E-state index >= 15 is 0 Å². The van der Waals surface area contributed by atoms with Crippen molar-refractivity contribution in [2.75, 3.05) is 18.4 Å². The lowest BCUT2D eigenvalue weighted by molar-refractivity contribution is -0.114. The summed E-state index contributed by atoms with van der Waals surface area (Å²) in [6.45, 7) is 4.65. The fraction of sp³-hybridized carbons (Fsp3) is 0.500. The van der Waals surface area contributed by atoms with Crippen LogP contribution < -0.4 is 5.32 Å². The van der Waals surface area contributed by atoms with Crippen molar-refractivity contribution in [2.24, 2.45) is 5.92 Å². The van der Waals surface area contributed by atoms with E-state index in [9.17, 15) is 13.2 Å². The van der Waals surface area contributed by atoms with Crippen molar-refractivity contribution >= 4 is 21.6 Å². The number of piperidine rings is 1. The zero-order valence-corrected chi connectivity index (χ0v) is 12.6. The monoisotopic (exact) mass is 296 g/mol. The molecule has 0 bridgehead atoms. The molecule has 1 aliphatic rings. The molecule has 0 saturated carbocycles. The third-order valence-electron chi connectivity index (χ3n) is 3.43. The van der Waals surface area contributed by atoms with E-state index in [1.807, 2.05) is 0 Å². The van der Waals surface area contributed by atoms with Crippen molar-refractivity contribution < 1.29 is 13.2 Å². The van der Waals surface area contributed by atoms with Gasteiger partial charge in [-0.05, 0) is 43.0 Å². The highest BCUT2D eigenvalue weighted by Gasteiger charge is 2.28. The summed E-state index contributed by atoms with van der Waals surface area (Å²) in [6, 6.07) is 6.31. The fourth-order valence-electron chi connectivity index (χ4n) is 2.43. The highest BCUT2D eigenvalue weighted by atomic mass is 32.2. The second kappa shape index (κ2) is 5.93. The summed E-state index contributed by atoms with van der Waals surface area (Å²) in [4.78, 5) is 11.2. The predicted octanol–water partition coefficient (Wildman–Crippen LogP) is 2.07. The molecule has 1 aromatic carbocycles. The molecule has 110 valence electrons. The summed E-state index contributed by atoms with van der Waals surface area (Å²) in [6.07, 6.45) is 1.98. The number of hydrogen-bond donors (Lipinski definition) is 1. The SMILES string of the molecule is CC(=O)Nc1ccc(S(=O)(=O)N2CCCC(C)C2)cc1. The van der Waals surface area contributed by atoms with Crippen molar-refractivity contribution in [3.63, 3.8) is 0 Å². The first kappa shape index (κ1) is 15.0. The van der Waals surface area contributed by atoms with Gasteiger partial charge >= 0.3 is 0 Å². The van der Waals surface area contributed by atoms with Gasteiger partial charge in [-0.25, -0.2) is 8.42 Å². The molecule has 0 aromatic heterocycles. The summed E-state index contributed by atoms with van der Waals surface area (Å²) in [5.74, 6) is 0.225. The molecule has 1 fully saturated rings. The fourth-order valence-corrected chi connectivity index (χ4v) is 4.03. The lowest BCUT2D eigenvalue weighted by Gasteiger charge is -2.30. The third-order valence-corrected chi connectivity index (χ3v) is 5.31. The maximum Gasteiger partial charge on any atom is 0.243 e. The van der Waals surface area contributed by atoms with Gasteiger partial charge in [0, 0.05) is 25.7 Å². The largest absolute Gasteiger partial charge is 0.326 e. The van der Waals surface area contributed by atoms with E-state index in [2.05, 4.69) is 12.2 Å². The molecular weight excluding hydrogens is 276 g/mol. The Hall–Kier alpha value is -1.40. The Labute approximate surface area is 120 Å². The zero-order chi connectivity index (χ0) is 14.8. The normalized spacial score (nSPS) is 20.6. The van der Waals surface area contributed by atoms with Crippen LogP contribution in [0.15, 0.2) is 29.2 Å². The highest BCUT2D eigenvalue weighted by molar-refractivity contribution is 7.89. The Kier molecular flexibility index (Phi) is 4.45. The molecule has 1 aromatic rings. The van der Waals surface area contributed by atoms with Gasteiger partial charge in [-0.3, -0.25) is 4.79 Å². The van der Waals surface area contributed by atoms with E-state index in [1.54, 1.807) is 28.6 Å². The van der Waals surface area contributed by atoms with Crippen LogP contribution >= 0.6 is 0 Å². The standard InChI is InChI=1S/C14H20N2O3S/c1-11-4-3-9-16(10-11)20(18,19)14-7-5-13(6-8-14)15-12(2)17/h5-8,11H,3-4,9-10H2,1-2H3,(H,15,17). The van der Waals surface area contributed by atoms with Crippen LogP contribution in [0.3, 0.4) is 0 Å². The number of anilines is 1. The van der Waals surface area contributed by atoms with Gasteiger partial charge < -0.3 is 5.32 Å². The maximum absolute atomic E-state index is 12.5. The lowest BCUT2D eigenvalue weighted by Crippen LogP contribution is -2.39. The van der Waals surface area contributed by atoms with Gasteiger partial charge in [0.05, 0.1) is 4.90 Å². The average Bonchev–Trinajstić information content (AvgIpc) is 2.38. The highest BCUT2D eigenvalue weighted by Crippen LogP contribution is 2.24. The van der Waals surface area contributed by atoms with Crippen LogP contribution in [-0.2, 0) is 14.8 Å². The molecule has 5 nitrogen and oxygen atoms in total. The van der Waals surface area contributed by atoms with E-state index in [-0.39, 0.29) is 10.8 Å². The van der Waals surface area contributed by atoms with Crippen LogP contribution in [0.1, 0.15) is 26.7 Å². The first-order chi connectivity index (χ1) is 9.39. The Balaban J connectivity index is 2.19. The Morgan fingerprint density at radius 1 is 1.30 bits per heavy atom. The number of amides is 1. The molecule has 20 heavy (non-hydrogen) atoms. The molecule has 1 saturated heterocycles. The number of rotatable bonds is 3. The number of benzene rings is 1. The van der Waals surface area contributed by atoms with E-state index in [1.165, 1.54) is 6.92 Å². The maximum atomic E-state index is 12.5. The smallest absolute Gasteiger partial charge is 0.243 e. The minimum atomic E-state index is -3.42. The number of carbonyl (C=O) groups is 1. The third kappa shape index (κ3) is 3.37. The Morgan fingerprint density at radius 2 is 1.95 bits per heavy atom. The van der Waals surface area contributed by atoms with Crippen LogP contribution in [0.25, 0.3) is 0 Å². The number of carbonyl (C=O) groups excluding carboxylic acids is 1. The van der Waals surface area contributed by atoms with Crippen molar-refractivity contribution in [1.82, 2.24) is 4.31 Å². The molecule has 1 unspecified atom stereocenters. The quantitative estimate of drug-likeness (QED) is 0.928. The topological polar surface area (TPSA) is 66.5 Å². The molecule has 1 heterocycles. The van der Waals surface area contributed by atoms with E-state index in [4.69, 9.17) is 0 Å². The molecule has 0 radical (unpaired) electrons. The number of nitrogens with zero attached hydrogens (tertiary/aromatic N) is 1. The summed E-state index contributed by atoms with van der Waals surface area (Å²) in [7, 11) is -3.42. The van der Waals surface area contributed by atoms with Crippen molar-refractivity contribution in [3.8, 4) is 0 Å². The number of nitrogens with one attached hydrogen (secondary N) is 1. The Bertz CT molecular complexity index is 581. The summed E-state index contributed by atoms with van der Waals surface area (Å²) in [5, 5.41) is 2.62. The van der Waals surface area contributed by atoms with Crippen molar-refractivity contribution in [3.05, 3.63) is 24.3 Å². The molecule has 2 rings (SSSR count). The van der Waals surface area contributed by atoms with E-state index in [0.29, 0.717) is 24.7 Å². The lowest BCUT2D eigenvalue weighted by atomic mass is 10.0. The van der Waals surface area contributed by atoms with Gasteiger partial charge in [-0.15, -0.1) is 0 Å². The first-order valence-corrected chi connectivity index (χ1v) is 8.21. The molecule has 1 aliphatic heterocycles. The number of hydrogen-bond acceptors (Lipinski definition) is 3. The summed E-state index contributed by atoms with van der Waals surface area (Å²) >= 11 is 0. The van der Waals surface area contributed by atoms with Crippen LogP contribution in [0, 0.1) is 5.92 Å². The van der Waals surface area contributed by atoms with Crippen LogP contribution in [-0.4, -0.2) is 31.7 Å². The minimum absolute atomic E-state index is 0.175. The molecule has 6 heteroatoms. The predicted molar refractivity (Wildman–Crippen MR) is 77.9 cm³/mol. The van der Waals surface area contributed by atoms with Gasteiger partial charge in [-0.2, -0.15) is 4.31 Å². The van der Waals surface area contributed by atoms with Crippen LogP contribution in [0.4, 0.5) is 5.69 Å². The molecule has 1 N–H and O–H groups in total. The molecule has 0 aliphatic carbocycles. The van der Waals surface area contributed by atoms with Gasteiger partial charge in [0.1, 0.15) is 0 Å². The second-order valence-corrected chi connectivity index (χ2v) is 7.25. The van der Waals surface area contributed by atoms with Crippen molar-refractivity contribution in [1.29, 1.82) is 0 Å². The van der Waals surface area contributed by atoms with Crippen LogP contribution in [0.2, 0.25) is 0 Å². The molecular formula is C14H20N2O3S. The Morgan fingerprint density at radius 3 is 2.50 bits per heavy atom. The average molecular weight is 296 g/mol. The van der Waals surface area contributed by atoms with Gasteiger partial charge in [0.15, 0.2) is 0 Å². The van der Waals surface area contributed by atoms with E-state index < -0.39 is 10.0 Å². The summed E-state index contributed by atoms with van der Waals surface area (Å²) < 4.78 is 26.6. The zero-order valence-electron chi connectivity index (χ0n) is 11.8. The van der Waals surface area contributed by atoms with Crippen molar-refractivity contribution in [2.45, 2.75) is 31.6 Å². The molecule has 1 amide bonds. The first-order valence-electron chi connectivity index (χ1n) is 6.77. The minimum Gasteiger partial charge on any atom is -0.326 e. The molecule has 0 spiro atoms. The number of sulfonamides is 1. The second-order valence-electron chi connectivity index (χ2n) is 5.32.